The molecule has 3 rings (SSSR count). The van der Waals surface area contributed by atoms with E-state index in [4.69, 9.17) is 51.1 Å². The van der Waals surface area contributed by atoms with Crippen LogP contribution in [0.1, 0.15) is 18.4 Å². The van der Waals surface area contributed by atoms with Crippen molar-refractivity contribution in [2.24, 2.45) is 0 Å². The Morgan fingerprint density at radius 2 is 1.56 bits per heavy atom. The maximum atomic E-state index is 12.7. The molecule has 0 spiro atoms. The topological polar surface area (TPSA) is 46.6 Å². The van der Waals surface area contributed by atoms with Crippen LogP contribution in [-0.4, -0.2) is 31.9 Å². The van der Waals surface area contributed by atoms with E-state index in [1.807, 2.05) is 0 Å². The molecule has 0 amide bonds. The molecule has 0 N–H and O–H groups in total. The highest BCUT2D eigenvalue weighted by atomic mass is 35.5. The van der Waals surface area contributed by atoms with Crippen molar-refractivity contribution in [1.29, 1.82) is 0 Å². The normalized spacial score (nSPS) is 16.4. The molecular weight excluding hydrogens is 452 g/mol. The van der Waals surface area contributed by atoms with Crippen molar-refractivity contribution in [1.82, 2.24) is 4.31 Å². The summed E-state index contributed by atoms with van der Waals surface area (Å²) in [5, 5.41) is 1.62. The Balaban J connectivity index is 1.61. The second-order valence-electron chi connectivity index (χ2n) is 6.27. The van der Waals surface area contributed by atoms with Crippen LogP contribution in [0.15, 0.2) is 36.4 Å². The third-order valence-corrected chi connectivity index (χ3v) is 7.52. The zero-order chi connectivity index (χ0) is 19.6. The first-order valence-electron chi connectivity index (χ1n) is 8.28. The molecule has 2 aromatic rings. The Labute approximate surface area is 179 Å². The molecule has 146 valence electrons. The Morgan fingerprint density at radius 3 is 2.15 bits per heavy atom. The second-order valence-corrected chi connectivity index (χ2v) is 9.87. The average Bonchev–Trinajstić information content (AvgIpc) is 2.62. The molecule has 1 aliphatic rings. The number of sulfonamides is 1. The first-order chi connectivity index (χ1) is 12.8. The number of hydrogen-bond acceptors (Lipinski definition) is 3. The summed E-state index contributed by atoms with van der Waals surface area (Å²) in [4.78, 5) is 0. The summed E-state index contributed by atoms with van der Waals surface area (Å²) >= 11 is 24.1. The van der Waals surface area contributed by atoms with Gasteiger partial charge < -0.3 is 4.74 Å². The van der Waals surface area contributed by atoms with Gasteiger partial charge in [-0.2, -0.15) is 0 Å². The molecule has 1 heterocycles. The van der Waals surface area contributed by atoms with E-state index < -0.39 is 10.0 Å². The lowest BCUT2D eigenvalue weighted by molar-refractivity contribution is 0.135. The van der Waals surface area contributed by atoms with Gasteiger partial charge in [0.05, 0.1) is 25.8 Å². The van der Waals surface area contributed by atoms with Crippen molar-refractivity contribution in [3.05, 3.63) is 62.1 Å². The minimum absolute atomic E-state index is 0.119. The fourth-order valence-electron chi connectivity index (χ4n) is 2.92. The predicted octanol–water partition coefficient (Wildman–Crippen LogP) is 5.67. The number of halogens is 4. The molecular formula is C18H17Cl4NO3S. The quantitative estimate of drug-likeness (QED) is 0.567. The first-order valence-corrected chi connectivity index (χ1v) is 11.4. The summed E-state index contributed by atoms with van der Waals surface area (Å²) in [5.41, 5.74) is 0.602. The van der Waals surface area contributed by atoms with Gasteiger partial charge in [-0.1, -0.05) is 58.5 Å². The van der Waals surface area contributed by atoms with Crippen LogP contribution in [0.4, 0.5) is 0 Å². The number of para-hydroxylation sites is 1. The van der Waals surface area contributed by atoms with E-state index >= 15 is 0 Å². The molecule has 0 aliphatic carbocycles. The zero-order valence-corrected chi connectivity index (χ0v) is 18.0. The van der Waals surface area contributed by atoms with E-state index in [2.05, 4.69) is 0 Å². The van der Waals surface area contributed by atoms with Gasteiger partial charge >= 0.3 is 0 Å². The SMILES string of the molecule is O=S(=O)(Cc1ccc(Cl)c(Cl)c1)N1CCC(Oc2c(Cl)cccc2Cl)CC1. The highest BCUT2D eigenvalue weighted by Crippen LogP contribution is 2.34. The number of nitrogens with zero attached hydrogens (tertiary/aromatic N) is 1. The van der Waals surface area contributed by atoms with Crippen LogP contribution in [-0.2, 0) is 15.8 Å². The maximum absolute atomic E-state index is 12.7. The van der Waals surface area contributed by atoms with E-state index in [0.717, 1.165) is 0 Å². The molecule has 1 fully saturated rings. The second kappa shape index (κ2) is 8.76. The van der Waals surface area contributed by atoms with Gasteiger partial charge in [-0.3, -0.25) is 0 Å². The molecule has 2 aromatic carbocycles. The number of benzene rings is 2. The van der Waals surface area contributed by atoms with E-state index in [0.29, 0.717) is 57.3 Å². The van der Waals surface area contributed by atoms with Crippen molar-refractivity contribution < 1.29 is 13.2 Å². The third-order valence-electron chi connectivity index (χ3n) is 4.33. The van der Waals surface area contributed by atoms with E-state index in [9.17, 15) is 8.42 Å². The molecule has 4 nitrogen and oxygen atoms in total. The minimum Gasteiger partial charge on any atom is -0.487 e. The molecule has 0 unspecified atom stereocenters. The zero-order valence-electron chi connectivity index (χ0n) is 14.2. The van der Waals surface area contributed by atoms with Gasteiger partial charge in [0.2, 0.25) is 10.0 Å². The molecule has 9 heteroatoms. The van der Waals surface area contributed by atoms with E-state index in [-0.39, 0.29) is 11.9 Å². The fourth-order valence-corrected chi connectivity index (χ4v) is 5.28. The lowest BCUT2D eigenvalue weighted by Gasteiger charge is -2.31. The van der Waals surface area contributed by atoms with E-state index in [1.165, 1.54) is 4.31 Å². The van der Waals surface area contributed by atoms with E-state index in [1.54, 1.807) is 36.4 Å². The summed E-state index contributed by atoms with van der Waals surface area (Å²) in [6.07, 6.45) is 0.975. The lowest BCUT2D eigenvalue weighted by Crippen LogP contribution is -2.42. The van der Waals surface area contributed by atoms with Gasteiger partial charge in [-0.15, -0.1) is 0 Å². The Bertz CT molecular complexity index is 908. The highest BCUT2D eigenvalue weighted by Gasteiger charge is 2.29. The highest BCUT2D eigenvalue weighted by molar-refractivity contribution is 7.88. The monoisotopic (exact) mass is 467 g/mol. The largest absolute Gasteiger partial charge is 0.487 e. The van der Waals surface area contributed by atoms with Gasteiger partial charge in [0.25, 0.3) is 0 Å². The molecule has 1 aliphatic heterocycles. The minimum atomic E-state index is -3.45. The van der Waals surface area contributed by atoms with Crippen molar-refractivity contribution in [2.75, 3.05) is 13.1 Å². The van der Waals surface area contributed by atoms with Crippen LogP contribution >= 0.6 is 46.4 Å². The summed E-state index contributed by atoms with van der Waals surface area (Å²) in [6, 6.07) is 10.0. The molecule has 0 atom stereocenters. The van der Waals surface area contributed by atoms with Crippen molar-refractivity contribution in [2.45, 2.75) is 24.7 Å². The number of hydrogen-bond donors (Lipinski definition) is 0. The van der Waals surface area contributed by atoms with Crippen LogP contribution < -0.4 is 4.74 Å². The van der Waals surface area contributed by atoms with Gasteiger partial charge in [0, 0.05) is 13.1 Å². The van der Waals surface area contributed by atoms with Crippen LogP contribution in [0.5, 0.6) is 5.75 Å². The number of ether oxygens (including phenoxy) is 1. The Kier molecular flexibility index (Phi) is 6.83. The molecule has 1 saturated heterocycles. The standard InChI is InChI=1S/C18H17Cl4NO3S/c19-14-5-4-12(10-17(14)22)11-27(24,25)23-8-6-13(7-9-23)26-18-15(20)2-1-3-16(18)21/h1-5,10,13H,6-9,11H2. The van der Waals surface area contributed by atoms with Crippen LogP contribution in [0.25, 0.3) is 0 Å². The smallest absolute Gasteiger partial charge is 0.218 e. The first kappa shape index (κ1) is 21.0. The maximum Gasteiger partial charge on any atom is 0.218 e. The number of piperidine rings is 1. The Hall–Kier alpha value is -0.690. The molecule has 0 radical (unpaired) electrons. The van der Waals surface area contributed by atoms with Crippen LogP contribution in [0, 0.1) is 0 Å². The summed E-state index contributed by atoms with van der Waals surface area (Å²) < 4.78 is 32.8. The fraction of sp³-hybridized carbons (Fsp3) is 0.333. The molecule has 0 aromatic heterocycles. The van der Waals surface area contributed by atoms with Gasteiger partial charge in [-0.05, 0) is 42.7 Å². The molecule has 0 bridgehead atoms. The van der Waals surface area contributed by atoms with Gasteiger partial charge in [0.1, 0.15) is 6.10 Å². The van der Waals surface area contributed by atoms with Crippen LogP contribution in [0.3, 0.4) is 0 Å². The van der Waals surface area contributed by atoms with Crippen LogP contribution in [0.2, 0.25) is 20.1 Å². The lowest BCUT2D eigenvalue weighted by atomic mass is 10.1. The van der Waals surface area contributed by atoms with Gasteiger partial charge in [-0.25, -0.2) is 12.7 Å². The van der Waals surface area contributed by atoms with Gasteiger partial charge in [0.15, 0.2) is 5.75 Å². The summed E-state index contributed by atoms with van der Waals surface area (Å²) in [6.45, 7) is 0.743. The summed E-state index contributed by atoms with van der Waals surface area (Å²) in [5.74, 6) is 0.323. The summed E-state index contributed by atoms with van der Waals surface area (Å²) in [7, 11) is -3.45. The number of rotatable bonds is 5. The Morgan fingerprint density at radius 1 is 0.926 bits per heavy atom. The molecule has 27 heavy (non-hydrogen) atoms. The average molecular weight is 469 g/mol. The van der Waals surface area contributed by atoms with Crippen molar-refractivity contribution in [3.63, 3.8) is 0 Å². The predicted molar refractivity (Wildman–Crippen MR) is 111 cm³/mol. The van der Waals surface area contributed by atoms with Crippen molar-refractivity contribution in [3.8, 4) is 5.75 Å². The molecule has 0 saturated carbocycles. The third kappa shape index (κ3) is 5.22. The van der Waals surface area contributed by atoms with Crippen molar-refractivity contribution >= 4 is 56.4 Å².